The third-order valence-corrected chi connectivity index (χ3v) is 4.64. The molecule has 0 saturated heterocycles. The first-order chi connectivity index (χ1) is 9.53. The molecule has 2 N–H and O–H groups in total. The van der Waals surface area contributed by atoms with Crippen LogP contribution in [-0.2, 0) is 16.9 Å². The Balaban J connectivity index is 1.94. The number of rotatable bonds is 6. The summed E-state index contributed by atoms with van der Waals surface area (Å²) in [5.41, 5.74) is -0.723. The normalized spacial score (nSPS) is 13.9. The number of thiazole rings is 1. The Kier molecular flexibility index (Phi) is 4.87. The Morgan fingerprint density at radius 2 is 2.35 bits per heavy atom. The van der Waals surface area contributed by atoms with Crippen LogP contribution in [0.1, 0.15) is 27.3 Å². The largest absolute Gasteiger partial charge is 0.383 e. The molecule has 0 saturated carbocycles. The molecule has 0 radical (unpaired) electrons. The molecule has 1 atom stereocenters. The molecule has 0 bridgehead atoms. The standard InChI is InChI=1S/C13H16N2O3S2/c1-13(17,10-4-3-5-19-10)8-14-12(16)9-7-20-11(15-9)6-18-2/h3-5,7,17H,6,8H2,1-2H3,(H,14,16). The van der Waals surface area contributed by atoms with Gasteiger partial charge in [-0.05, 0) is 18.4 Å². The van der Waals surface area contributed by atoms with Crippen molar-refractivity contribution in [2.45, 2.75) is 19.1 Å². The van der Waals surface area contributed by atoms with Crippen LogP contribution in [-0.4, -0.2) is 29.7 Å². The second kappa shape index (κ2) is 6.45. The van der Waals surface area contributed by atoms with E-state index in [0.717, 1.165) is 9.88 Å². The van der Waals surface area contributed by atoms with Crippen molar-refractivity contribution in [3.05, 3.63) is 38.5 Å². The lowest BCUT2D eigenvalue weighted by molar-refractivity contribution is 0.0555. The Labute approximate surface area is 125 Å². The van der Waals surface area contributed by atoms with Gasteiger partial charge in [-0.25, -0.2) is 4.98 Å². The smallest absolute Gasteiger partial charge is 0.270 e. The van der Waals surface area contributed by atoms with E-state index in [1.54, 1.807) is 19.4 Å². The van der Waals surface area contributed by atoms with Crippen LogP contribution in [0.15, 0.2) is 22.9 Å². The molecule has 108 valence electrons. The number of ether oxygens (including phenoxy) is 1. The van der Waals surface area contributed by atoms with Gasteiger partial charge in [0.2, 0.25) is 0 Å². The molecule has 2 rings (SSSR count). The number of methoxy groups -OCH3 is 1. The quantitative estimate of drug-likeness (QED) is 0.856. The molecule has 0 aromatic carbocycles. The fourth-order valence-electron chi connectivity index (χ4n) is 1.62. The molecular weight excluding hydrogens is 296 g/mol. The predicted octanol–water partition coefficient (Wildman–Crippen LogP) is 1.99. The van der Waals surface area contributed by atoms with E-state index in [9.17, 15) is 9.90 Å². The highest BCUT2D eigenvalue weighted by atomic mass is 32.1. The van der Waals surface area contributed by atoms with Gasteiger partial charge in [0.25, 0.3) is 5.91 Å². The van der Waals surface area contributed by atoms with E-state index in [2.05, 4.69) is 10.3 Å². The SMILES string of the molecule is COCc1nc(C(=O)NCC(C)(O)c2cccs2)cs1. The second-order valence-corrected chi connectivity index (χ2v) is 6.38. The summed E-state index contributed by atoms with van der Waals surface area (Å²) in [5.74, 6) is -0.291. The minimum atomic E-state index is -1.07. The van der Waals surface area contributed by atoms with Gasteiger partial charge in [0.05, 0.1) is 13.2 Å². The van der Waals surface area contributed by atoms with Gasteiger partial charge >= 0.3 is 0 Å². The van der Waals surface area contributed by atoms with Crippen molar-refractivity contribution in [1.82, 2.24) is 10.3 Å². The number of carbonyl (C=O) groups excluding carboxylic acids is 1. The molecule has 0 aliphatic heterocycles. The van der Waals surface area contributed by atoms with Crippen LogP contribution in [0.25, 0.3) is 0 Å². The Morgan fingerprint density at radius 1 is 1.55 bits per heavy atom. The number of nitrogens with one attached hydrogen (secondary N) is 1. The lowest BCUT2D eigenvalue weighted by Crippen LogP contribution is -2.38. The topological polar surface area (TPSA) is 71.5 Å². The highest BCUT2D eigenvalue weighted by Crippen LogP contribution is 2.24. The van der Waals surface area contributed by atoms with E-state index < -0.39 is 5.60 Å². The van der Waals surface area contributed by atoms with Crippen LogP contribution in [0, 0.1) is 0 Å². The van der Waals surface area contributed by atoms with Crippen LogP contribution in [0.4, 0.5) is 0 Å². The summed E-state index contributed by atoms with van der Waals surface area (Å²) in [5, 5.41) is 17.4. The van der Waals surface area contributed by atoms with Crippen LogP contribution in [0.5, 0.6) is 0 Å². The zero-order valence-corrected chi connectivity index (χ0v) is 12.9. The lowest BCUT2D eigenvalue weighted by atomic mass is 10.1. The molecule has 0 aliphatic carbocycles. The van der Waals surface area contributed by atoms with E-state index in [1.165, 1.54) is 22.7 Å². The van der Waals surface area contributed by atoms with Gasteiger partial charge in [-0.2, -0.15) is 0 Å². The van der Waals surface area contributed by atoms with E-state index in [0.29, 0.717) is 12.3 Å². The number of hydrogen-bond acceptors (Lipinski definition) is 6. The highest BCUT2D eigenvalue weighted by molar-refractivity contribution is 7.10. The number of thiophene rings is 1. The second-order valence-electron chi connectivity index (χ2n) is 4.49. The van der Waals surface area contributed by atoms with Crippen molar-refractivity contribution in [3.63, 3.8) is 0 Å². The van der Waals surface area contributed by atoms with Gasteiger partial charge in [-0.1, -0.05) is 6.07 Å². The van der Waals surface area contributed by atoms with Crippen molar-refractivity contribution < 1.29 is 14.6 Å². The van der Waals surface area contributed by atoms with Crippen LogP contribution in [0.2, 0.25) is 0 Å². The van der Waals surface area contributed by atoms with Crippen LogP contribution >= 0.6 is 22.7 Å². The molecule has 2 heterocycles. The third kappa shape index (κ3) is 3.63. The average Bonchev–Trinajstić information content (AvgIpc) is 3.07. The minimum Gasteiger partial charge on any atom is -0.383 e. The van der Waals surface area contributed by atoms with Gasteiger partial charge in [0.15, 0.2) is 0 Å². The summed E-state index contributed by atoms with van der Waals surface area (Å²) in [6.07, 6.45) is 0. The van der Waals surface area contributed by atoms with Crippen molar-refractivity contribution in [3.8, 4) is 0 Å². The fraction of sp³-hybridized carbons (Fsp3) is 0.385. The van der Waals surface area contributed by atoms with Crippen LogP contribution < -0.4 is 5.32 Å². The molecule has 2 aromatic rings. The lowest BCUT2D eigenvalue weighted by Gasteiger charge is -2.21. The zero-order chi connectivity index (χ0) is 14.6. The summed E-state index contributed by atoms with van der Waals surface area (Å²) in [6, 6.07) is 3.71. The molecule has 0 fully saturated rings. The van der Waals surface area contributed by atoms with E-state index in [4.69, 9.17) is 4.74 Å². The maximum atomic E-state index is 12.0. The number of hydrogen-bond donors (Lipinski definition) is 2. The molecule has 20 heavy (non-hydrogen) atoms. The van der Waals surface area contributed by atoms with Crippen LogP contribution in [0.3, 0.4) is 0 Å². The predicted molar refractivity (Wildman–Crippen MR) is 79.1 cm³/mol. The zero-order valence-electron chi connectivity index (χ0n) is 11.3. The Morgan fingerprint density at radius 3 is 3.00 bits per heavy atom. The average molecular weight is 312 g/mol. The van der Waals surface area contributed by atoms with Crippen molar-refractivity contribution in [2.75, 3.05) is 13.7 Å². The summed E-state index contributed by atoms with van der Waals surface area (Å²) in [7, 11) is 1.58. The van der Waals surface area contributed by atoms with Crippen molar-refractivity contribution in [1.29, 1.82) is 0 Å². The molecular formula is C13H16N2O3S2. The minimum absolute atomic E-state index is 0.142. The first-order valence-electron chi connectivity index (χ1n) is 6.01. The summed E-state index contributed by atoms with van der Waals surface area (Å²) in [4.78, 5) is 16.9. The van der Waals surface area contributed by atoms with Gasteiger partial charge in [0.1, 0.15) is 16.3 Å². The first-order valence-corrected chi connectivity index (χ1v) is 7.77. The maximum absolute atomic E-state index is 12.0. The maximum Gasteiger partial charge on any atom is 0.270 e. The number of aliphatic hydroxyl groups is 1. The molecule has 7 heteroatoms. The molecule has 0 aliphatic rings. The molecule has 2 aromatic heterocycles. The Bertz CT molecular complexity index is 564. The van der Waals surface area contributed by atoms with Crippen molar-refractivity contribution >= 4 is 28.6 Å². The van der Waals surface area contributed by atoms with Gasteiger partial charge < -0.3 is 15.2 Å². The fourth-order valence-corrected chi connectivity index (χ4v) is 3.15. The van der Waals surface area contributed by atoms with Crippen molar-refractivity contribution in [2.24, 2.45) is 0 Å². The van der Waals surface area contributed by atoms with E-state index in [-0.39, 0.29) is 12.5 Å². The number of nitrogens with zero attached hydrogens (tertiary/aromatic N) is 1. The Hall–Kier alpha value is -1.28. The van der Waals surface area contributed by atoms with Gasteiger partial charge in [0, 0.05) is 17.4 Å². The number of amides is 1. The molecule has 1 amide bonds. The first kappa shape index (κ1) is 15.1. The number of aromatic nitrogens is 1. The van der Waals surface area contributed by atoms with Gasteiger partial charge in [-0.15, -0.1) is 22.7 Å². The summed E-state index contributed by atoms with van der Waals surface area (Å²) in [6.45, 7) is 2.21. The summed E-state index contributed by atoms with van der Waals surface area (Å²) >= 11 is 2.83. The molecule has 5 nitrogen and oxygen atoms in total. The number of carbonyl (C=O) groups is 1. The molecule has 1 unspecified atom stereocenters. The van der Waals surface area contributed by atoms with Gasteiger partial charge in [-0.3, -0.25) is 4.79 Å². The highest BCUT2D eigenvalue weighted by Gasteiger charge is 2.25. The van der Waals surface area contributed by atoms with E-state index >= 15 is 0 Å². The molecule has 0 spiro atoms. The monoisotopic (exact) mass is 312 g/mol. The summed E-state index contributed by atoms with van der Waals surface area (Å²) < 4.78 is 4.96. The third-order valence-electron chi connectivity index (χ3n) is 2.70. The van der Waals surface area contributed by atoms with E-state index in [1.807, 2.05) is 17.5 Å².